The van der Waals surface area contributed by atoms with Crippen molar-refractivity contribution in [2.75, 3.05) is 0 Å². The first-order valence-corrected chi connectivity index (χ1v) is 6.63. The monoisotopic (exact) mass is 462 g/mol. The van der Waals surface area contributed by atoms with Gasteiger partial charge in [-0.3, -0.25) is 0 Å². The van der Waals surface area contributed by atoms with Crippen molar-refractivity contribution in [1.29, 1.82) is 0 Å². The summed E-state index contributed by atoms with van der Waals surface area (Å²) in [5, 5.41) is 8.80. The Labute approximate surface area is 149 Å². The van der Waals surface area contributed by atoms with E-state index in [-0.39, 0.29) is 24.3 Å². The highest BCUT2D eigenvalue weighted by Gasteiger charge is 2.93. The molecule has 0 atom stereocenters. The number of phenolic OH excluding ortho intramolecular Hbond substituents is 1. The van der Waals surface area contributed by atoms with Crippen LogP contribution in [-0.4, -0.2) is 40.9 Å². The number of aromatic hydroxyl groups is 1. The molecule has 1 nitrogen and oxygen atoms in total. The molecule has 0 aliphatic carbocycles. The minimum absolute atomic E-state index is 0.155. The van der Waals surface area contributed by atoms with Crippen LogP contribution in [-0.2, 0) is 5.92 Å². The van der Waals surface area contributed by atoms with E-state index in [1.54, 1.807) is 0 Å². The normalized spacial score (nSPS) is 15.6. The number of alkyl halides is 15. The lowest BCUT2D eigenvalue weighted by atomic mass is 9.88. The van der Waals surface area contributed by atoms with Gasteiger partial charge in [-0.1, -0.05) is 0 Å². The highest BCUT2D eigenvalue weighted by molar-refractivity contribution is 5.31. The Bertz CT molecular complexity index is 732. The van der Waals surface area contributed by atoms with Gasteiger partial charge in [-0.15, -0.1) is 0 Å². The fourth-order valence-corrected chi connectivity index (χ4v) is 1.82. The molecular formula is C13H5F15O. The summed E-state index contributed by atoms with van der Waals surface area (Å²) in [7, 11) is 0. The molecule has 1 N–H and O–H groups in total. The first-order valence-electron chi connectivity index (χ1n) is 6.63. The summed E-state index contributed by atoms with van der Waals surface area (Å²) < 4.78 is 195. The van der Waals surface area contributed by atoms with Gasteiger partial charge in [0.15, 0.2) is 0 Å². The maximum absolute atomic E-state index is 13.7. The van der Waals surface area contributed by atoms with Gasteiger partial charge in [-0.25, -0.2) is 0 Å². The van der Waals surface area contributed by atoms with E-state index >= 15 is 0 Å². The Morgan fingerprint density at radius 2 is 0.759 bits per heavy atom. The maximum atomic E-state index is 13.7. The molecule has 0 radical (unpaired) electrons. The number of benzene rings is 1. The van der Waals surface area contributed by atoms with Gasteiger partial charge in [0.2, 0.25) is 0 Å². The molecule has 1 rings (SSSR count). The number of hydrogen-bond acceptors (Lipinski definition) is 1. The molecule has 0 unspecified atom stereocenters. The smallest absolute Gasteiger partial charge is 0.460 e. The van der Waals surface area contributed by atoms with Crippen LogP contribution >= 0.6 is 0 Å². The summed E-state index contributed by atoms with van der Waals surface area (Å²) in [5.41, 5.74) is -2.28. The Hall–Kier alpha value is -2.03. The maximum Gasteiger partial charge on any atom is 0.460 e. The van der Waals surface area contributed by atoms with E-state index in [0.717, 1.165) is 0 Å². The average molecular weight is 462 g/mol. The fourth-order valence-electron chi connectivity index (χ4n) is 1.82. The summed E-state index contributed by atoms with van der Waals surface area (Å²) in [6.07, 6.45) is -7.63. The summed E-state index contributed by atoms with van der Waals surface area (Å²) in [6.45, 7) is 0. The highest BCUT2D eigenvalue weighted by Crippen LogP contribution is 2.63. The average Bonchev–Trinajstić information content (AvgIpc) is 2.53. The largest absolute Gasteiger partial charge is 0.508 e. The van der Waals surface area contributed by atoms with E-state index in [1.165, 1.54) is 0 Å². The second-order valence-corrected chi connectivity index (χ2v) is 5.49. The highest BCUT2D eigenvalue weighted by atomic mass is 19.4. The Balaban J connectivity index is 3.63. The first kappa shape index (κ1) is 25.0. The van der Waals surface area contributed by atoms with Crippen LogP contribution in [0, 0.1) is 0 Å². The second-order valence-electron chi connectivity index (χ2n) is 5.49. The van der Waals surface area contributed by atoms with Crippen molar-refractivity contribution in [3.63, 3.8) is 0 Å². The number of phenols is 1. The molecule has 0 aliphatic heterocycles. The minimum Gasteiger partial charge on any atom is -0.508 e. The molecule has 1 aromatic carbocycles. The third kappa shape index (κ3) is 3.23. The van der Waals surface area contributed by atoms with Crippen LogP contribution in [0.3, 0.4) is 0 Å². The van der Waals surface area contributed by atoms with Crippen LogP contribution in [0.1, 0.15) is 5.56 Å². The molecule has 1 aromatic rings. The molecule has 29 heavy (non-hydrogen) atoms. The molecular weight excluding hydrogens is 457 g/mol. The van der Waals surface area contributed by atoms with Crippen LogP contribution in [0.25, 0.3) is 0 Å². The van der Waals surface area contributed by atoms with Crippen molar-refractivity contribution in [2.24, 2.45) is 0 Å². The van der Waals surface area contributed by atoms with Crippen molar-refractivity contribution in [3.05, 3.63) is 29.8 Å². The molecule has 0 heterocycles. The van der Waals surface area contributed by atoms with E-state index in [1.807, 2.05) is 0 Å². The van der Waals surface area contributed by atoms with Gasteiger partial charge < -0.3 is 5.11 Å². The summed E-state index contributed by atoms with van der Waals surface area (Å²) >= 11 is 0. The molecule has 0 saturated carbocycles. The molecule has 16 heteroatoms. The molecule has 0 fully saturated rings. The van der Waals surface area contributed by atoms with E-state index in [4.69, 9.17) is 5.11 Å². The van der Waals surface area contributed by atoms with Gasteiger partial charge in [0.1, 0.15) is 5.75 Å². The molecule has 168 valence electrons. The number of halogens is 15. The van der Waals surface area contributed by atoms with Gasteiger partial charge >= 0.3 is 41.7 Å². The minimum atomic E-state index is -8.32. The molecule has 0 saturated heterocycles. The topological polar surface area (TPSA) is 20.2 Å². The molecule has 0 aromatic heterocycles. The quantitative estimate of drug-likeness (QED) is 0.498. The molecule has 0 aliphatic rings. The third-order valence-electron chi connectivity index (χ3n) is 3.56. The fraction of sp³-hybridized carbons (Fsp3) is 0.538. The summed E-state index contributed by atoms with van der Waals surface area (Å²) in [5.74, 6) is -47.7. The van der Waals surface area contributed by atoms with Crippen LogP contribution in [0.4, 0.5) is 65.9 Å². The van der Waals surface area contributed by atoms with Gasteiger partial charge in [-0.05, 0) is 24.3 Å². The standard InChI is InChI=1S/C13H5F15O/c14-7(15,5-1-3-6(29)4-2-5)8(16,17)9(18,19)10(20,21)11(22,23)12(24,25)13(26,27)28/h1-4,29H. The number of hydrogen-bond donors (Lipinski definition) is 1. The van der Waals surface area contributed by atoms with E-state index in [2.05, 4.69) is 0 Å². The Morgan fingerprint density at radius 3 is 1.10 bits per heavy atom. The van der Waals surface area contributed by atoms with Crippen molar-refractivity contribution < 1.29 is 71.0 Å². The number of rotatable bonds is 6. The first-order chi connectivity index (χ1) is 12.5. The molecule has 0 amide bonds. The zero-order valence-electron chi connectivity index (χ0n) is 12.9. The van der Waals surface area contributed by atoms with Crippen LogP contribution in [0.5, 0.6) is 5.75 Å². The zero-order valence-corrected chi connectivity index (χ0v) is 12.9. The van der Waals surface area contributed by atoms with E-state index in [9.17, 15) is 65.9 Å². The molecule has 0 spiro atoms. The Kier molecular flexibility index (Phi) is 5.59. The van der Waals surface area contributed by atoms with Gasteiger partial charge in [0.25, 0.3) is 0 Å². The van der Waals surface area contributed by atoms with E-state index < -0.39 is 53.0 Å². The van der Waals surface area contributed by atoms with Crippen molar-refractivity contribution in [1.82, 2.24) is 0 Å². The lowest BCUT2D eigenvalue weighted by Gasteiger charge is -2.41. The lowest BCUT2D eigenvalue weighted by Crippen LogP contribution is -2.72. The van der Waals surface area contributed by atoms with Gasteiger partial charge in [0, 0.05) is 5.56 Å². The van der Waals surface area contributed by atoms with Gasteiger partial charge in [0.05, 0.1) is 0 Å². The van der Waals surface area contributed by atoms with Gasteiger partial charge in [-0.2, -0.15) is 65.9 Å². The lowest BCUT2D eigenvalue weighted by molar-refractivity contribution is -0.453. The molecule has 0 bridgehead atoms. The summed E-state index contributed by atoms with van der Waals surface area (Å²) in [4.78, 5) is 0. The van der Waals surface area contributed by atoms with E-state index in [0.29, 0.717) is 0 Å². The van der Waals surface area contributed by atoms with Crippen LogP contribution < -0.4 is 0 Å². The van der Waals surface area contributed by atoms with Crippen molar-refractivity contribution in [3.8, 4) is 5.75 Å². The zero-order chi connectivity index (χ0) is 23.5. The summed E-state index contributed by atoms with van der Waals surface area (Å²) in [6, 6.07) is -0.163. The van der Waals surface area contributed by atoms with Crippen LogP contribution in [0.15, 0.2) is 24.3 Å². The Morgan fingerprint density at radius 1 is 0.448 bits per heavy atom. The SMILES string of the molecule is Oc1ccc(C(F)(F)C(F)(F)C(F)(F)C(F)(F)C(F)(F)C(F)(F)C(F)(F)F)cc1. The predicted molar refractivity (Wildman–Crippen MR) is 62.8 cm³/mol. The van der Waals surface area contributed by atoms with Crippen molar-refractivity contribution >= 4 is 0 Å². The third-order valence-corrected chi connectivity index (χ3v) is 3.56. The van der Waals surface area contributed by atoms with Crippen LogP contribution in [0.2, 0.25) is 0 Å². The predicted octanol–water partition coefficient (Wildman–Crippen LogP) is 6.22. The van der Waals surface area contributed by atoms with Crippen molar-refractivity contribution in [2.45, 2.75) is 41.7 Å². The second kappa shape index (κ2) is 6.48.